The monoisotopic (exact) mass is 460 g/mol. The zero-order valence-corrected chi connectivity index (χ0v) is 18.9. The summed E-state index contributed by atoms with van der Waals surface area (Å²) in [6, 6.07) is 21.7. The maximum Gasteiger partial charge on any atom is 0.306 e. The molecule has 1 amide bonds. The van der Waals surface area contributed by atoms with Gasteiger partial charge in [-0.3, -0.25) is 9.59 Å². The molecule has 1 fully saturated rings. The molecule has 1 aliphatic carbocycles. The zero-order chi connectivity index (χ0) is 22.9. The molecule has 3 aromatic carbocycles. The predicted molar refractivity (Wildman–Crippen MR) is 130 cm³/mol. The lowest BCUT2D eigenvalue weighted by Gasteiger charge is -2.33. The van der Waals surface area contributed by atoms with Gasteiger partial charge in [-0.15, -0.1) is 0 Å². The second-order valence-electron chi connectivity index (χ2n) is 8.87. The van der Waals surface area contributed by atoms with Crippen LogP contribution in [-0.2, 0) is 11.3 Å². The van der Waals surface area contributed by atoms with Crippen LogP contribution in [0.1, 0.15) is 41.6 Å². The number of nitrogens with one attached hydrogen (secondary N) is 1. The van der Waals surface area contributed by atoms with Crippen LogP contribution in [0, 0.1) is 5.92 Å². The highest BCUT2D eigenvalue weighted by atomic mass is 35.5. The third-order valence-corrected chi connectivity index (χ3v) is 6.94. The van der Waals surface area contributed by atoms with Crippen molar-refractivity contribution in [2.45, 2.75) is 38.3 Å². The number of anilines is 2. The lowest BCUT2D eigenvalue weighted by atomic mass is 9.85. The Morgan fingerprint density at radius 1 is 0.970 bits per heavy atom. The number of nitrogens with zero attached hydrogens (tertiary/aromatic N) is 1. The molecule has 5 rings (SSSR count). The van der Waals surface area contributed by atoms with E-state index >= 15 is 0 Å². The number of halogens is 1. The largest absolute Gasteiger partial charge is 0.481 e. The van der Waals surface area contributed by atoms with Crippen molar-refractivity contribution >= 4 is 34.9 Å². The molecular weight excluding hydrogens is 436 g/mol. The van der Waals surface area contributed by atoms with E-state index in [2.05, 4.69) is 11.4 Å². The van der Waals surface area contributed by atoms with Crippen LogP contribution in [0.2, 0.25) is 5.02 Å². The van der Waals surface area contributed by atoms with E-state index < -0.39 is 5.97 Å². The molecule has 1 saturated carbocycles. The standard InChI is InChI=1S/C27H25ClN2O3/c28-21-4-2-5-23(15-21)29-22-11-9-17(10-12-22)18-7-8-20-16-30(26(31)25(20)14-18)24-6-1-3-19(13-24)27(32)33/h2,4-5,7-12,14-15,19,24,29H,1,3,6,13,16H2,(H,32,33). The Bertz CT molecular complexity index is 1210. The van der Waals surface area contributed by atoms with Gasteiger partial charge in [0.15, 0.2) is 0 Å². The Morgan fingerprint density at radius 2 is 1.76 bits per heavy atom. The van der Waals surface area contributed by atoms with Crippen molar-refractivity contribution in [1.82, 2.24) is 4.90 Å². The minimum absolute atomic E-state index is 0.0000443. The predicted octanol–water partition coefficient (Wildman–Crippen LogP) is 6.35. The SMILES string of the molecule is O=C(O)C1CCCC(N2Cc3ccc(-c4ccc(Nc5cccc(Cl)c5)cc4)cc3C2=O)C1. The normalized spacial score (nSPS) is 19.9. The van der Waals surface area contributed by atoms with Crippen LogP contribution in [0.5, 0.6) is 0 Å². The van der Waals surface area contributed by atoms with Crippen molar-refractivity contribution < 1.29 is 14.7 Å². The Balaban J connectivity index is 1.32. The van der Waals surface area contributed by atoms with Gasteiger partial charge in [-0.2, -0.15) is 0 Å². The molecule has 3 aromatic rings. The molecule has 1 aliphatic heterocycles. The smallest absolute Gasteiger partial charge is 0.306 e. The highest BCUT2D eigenvalue weighted by Gasteiger charge is 2.37. The van der Waals surface area contributed by atoms with Gasteiger partial charge < -0.3 is 15.3 Å². The van der Waals surface area contributed by atoms with Crippen molar-refractivity contribution in [3.05, 3.63) is 82.9 Å². The minimum atomic E-state index is -0.751. The number of hydrogen-bond acceptors (Lipinski definition) is 3. The highest BCUT2D eigenvalue weighted by Crippen LogP contribution is 2.35. The Hall–Kier alpha value is -3.31. The van der Waals surface area contributed by atoms with Crippen LogP contribution in [-0.4, -0.2) is 27.9 Å². The molecule has 2 unspecified atom stereocenters. The van der Waals surface area contributed by atoms with Gasteiger partial charge in [-0.25, -0.2) is 0 Å². The molecule has 2 atom stereocenters. The van der Waals surface area contributed by atoms with E-state index in [0.717, 1.165) is 46.5 Å². The van der Waals surface area contributed by atoms with Gasteiger partial charge in [0.25, 0.3) is 5.91 Å². The van der Waals surface area contributed by atoms with Gasteiger partial charge in [-0.05, 0) is 72.4 Å². The lowest BCUT2D eigenvalue weighted by Crippen LogP contribution is -2.40. The van der Waals surface area contributed by atoms with Crippen LogP contribution < -0.4 is 5.32 Å². The van der Waals surface area contributed by atoms with Crippen LogP contribution in [0.4, 0.5) is 11.4 Å². The summed E-state index contributed by atoms with van der Waals surface area (Å²) in [5.41, 5.74) is 5.64. The number of rotatable bonds is 5. The van der Waals surface area contributed by atoms with Crippen LogP contribution in [0.25, 0.3) is 11.1 Å². The number of aliphatic carboxylic acids is 1. The second kappa shape index (κ2) is 8.91. The van der Waals surface area contributed by atoms with Crippen LogP contribution >= 0.6 is 11.6 Å². The number of fused-ring (bicyclic) bond motifs is 1. The van der Waals surface area contributed by atoms with Crippen LogP contribution in [0.3, 0.4) is 0 Å². The lowest BCUT2D eigenvalue weighted by molar-refractivity contribution is -0.143. The fourth-order valence-electron chi connectivity index (χ4n) is 4.95. The van der Waals surface area contributed by atoms with Gasteiger partial charge in [-0.1, -0.05) is 48.4 Å². The van der Waals surface area contributed by atoms with E-state index in [1.807, 2.05) is 65.6 Å². The summed E-state index contributed by atoms with van der Waals surface area (Å²) in [6.45, 7) is 0.563. The first-order valence-electron chi connectivity index (χ1n) is 11.3. The van der Waals surface area contributed by atoms with E-state index in [1.165, 1.54) is 0 Å². The number of carbonyl (C=O) groups excluding carboxylic acids is 1. The summed E-state index contributed by atoms with van der Waals surface area (Å²) >= 11 is 6.06. The maximum atomic E-state index is 13.2. The first-order chi connectivity index (χ1) is 16.0. The first-order valence-corrected chi connectivity index (χ1v) is 11.7. The van der Waals surface area contributed by atoms with E-state index in [-0.39, 0.29) is 17.9 Å². The summed E-state index contributed by atoms with van der Waals surface area (Å²) in [7, 11) is 0. The Kier molecular flexibility index (Phi) is 5.81. The maximum absolute atomic E-state index is 13.2. The van der Waals surface area contributed by atoms with Gasteiger partial charge in [0.2, 0.25) is 0 Å². The Labute approximate surface area is 198 Å². The number of hydrogen-bond donors (Lipinski definition) is 2. The van der Waals surface area contributed by atoms with Gasteiger partial charge in [0.1, 0.15) is 0 Å². The molecule has 5 nitrogen and oxygen atoms in total. The molecule has 2 N–H and O–H groups in total. The fraction of sp³-hybridized carbons (Fsp3) is 0.259. The second-order valence-corrected chi connectivity index (χ2v) is 9.31. The summed E-state index contributed by atoms with van der Waals surface area (Å²) in [4.78, 5) is 26.5. The van der Waals surface area contributed by atoms with Gasteiger partial charge >= 0.3 is 5.97 Å². The molecule has 168 valence electrons. The number of carboxylic acid groups (broad SMARTS) is 1. The molecule has 1 heterocycles. The summed E-state index contributed by atoms with van der Waals surface area (Å²) < 4.78 is 0. The number of carbonyl (C=O) groups is 2. The summed E-state index contributed by atoms with van der Waals surface area (Å²) in [5, 5.41) is 13.4. The van der Waals surface area contributed by atoms with Crippen LogP contribution in [0.15, 0.2) is 66.7 Å². The molecule has 0 aromatic heterocycles. The van der Waals surface area contributed by atoms with Crippen molar-refractivity contribution in [2.75, 3.05) is 5.32 Å². The van der Waals surface area contributed by atoms with E-state index in [1.54, 1.807) is 0 Å². The fourth-order valence-corrected chi connectivity index (χ4v) is 5.14. The summed E-state index contributed by atoms with van der Waals surface area (Å²) in [6.07, 6.45) is 2.97. The quantitative estimate of drug-likeness (QED) is 0.465. The molecule has 0 radical (unpaired) electrons. The van der Waals surface area contributed by atoms with Crippen molar-refractivity contribution in [3.63, 3.8) is 0 Å². The molecule has 0 spiro atoms. The molecule has 2 aliphatic rings. The first kappa shape index (κ1) is 21.5. The number of benzene rings is 3. The minimum Gasteiger partial charge on any atom is -0.481 e. The third kappa shape index (κ3) is 4.46. The van der Waals surface area contributed by atoms with Gasteiger partial charge in [0, 0.05) is 34.5 Å². The average molecular weight is 461 g/mol. The molecule has 33 heavy (non-hydrogen) atoms. The molecule has 0 saturated heterocycles. The average Bonchev–Trinajstić information content (AvgIpc) is 3.15. The molecule has 6 heteroatoms. The topological polar surface area (TPSA) is 69.6 Å². The van der Waals surface area contributed by atoms with Crippen molar-refractivity contribution in [2.24, 2.45) is 5.92 Å². The van der Waals surface area contributed by atoms with Crippen molar-refractivity contribution in [3.8, 4) is 11.1 Å². The van der Waals surface area contributed by atoms with E-state index in [0.29, 0.717) is 24.4 Å². The third-order valence-electron chi connectivity index (χ3n) is 6.71. The Morgan fingerprint density at radius 3 is 2.52 bits per heavy atom. The summed E-state index contributed by atoms with van der Waals surface area (Å²) in [5.74, 6) is -1.09. The number of amides is 1. The highest BCUT2D eigenvalue weighted by molar-refractivity contribution is 6.30. The van der Waals surface area contributed by atoms with E-state index in [4.69, 9.17) is 11.6 Å². The van der Waals surface area contributed by atoms with E-state index in [9.17, 15) is 14.7 Å². The van der Waals surface area contributed by atoms with Gasteiger partial charge in [0.05, 0.1) is 5.92 Å². The zero-order valence-electron chi connectivity index (χ0n) is 18.1. The number of carboxylic acids is 1. The molecular formula is C27H25ClN2O3. The molecule has 0 bridgehead atoms. The van der Waals surface area contributed by atoms with Crippen molar-refractivity contribution in [1.29, 1.82) is 0 Å².